The molecule has 1 aromatic carbocycles. The predicted molar refractivity (Wildman–Crippen MR) is 74.4 cm³/mol. The first-order valence-electron chi connectivity index (χ1n) is 7.10. The zero-order chi connectivity index (χ0) is 13.7. The topological polar surface area (TPSA) is 15.3 Å². The molecule has 0 atom stereocenters. The Morgan fingerprint density at radius 3 is 2.05 bits per heavy atom. The average Bonchev–Trinajstić information content (AvgIpc) is 2.31. The molecule has 0 radical (unpaired) electrons. The first-order valence-corrected chi connectivity index (χ1v) is 7.10. The van der Waals surface area contributed by atoms with Crippen molar-refractivity contribution in [3.63, 3.8) is 0 Å². The van der Waals surface area contributed by atoms with Crippen LogP contribution >= 0.6 is 0 Å². The Morgan fingerprint density at radius 2 is 1.53 bits per heavy atom. The fraction of sp³-hybridized carbons (Fsp3) is 0.600. The Bertz CT molecular complexity index is 390. The third-order valence-corrected chi connectivity index (χ3v) is 3.63. The summed E-state index contributed by atoms with van der Waals surface area (Å²) in [5.41, 5.74) is 0.801. The smallest absolute Gasteiger partial charge is 0.149 e. The van der Waals surface area contributed by atoms with Gasteiger partial charge in [-0.15, -0.1) is 0 Å². The van der Waals surface area contributed by atoms with Crippen molar-refractivity contribution in [1.82, 2.24) is 5.32 Å². The highest BCUT2D eigenvalue weighted by atomic mass is 19.1. The second-order valence-corrected chi connectivity index (χ2v) is 5.19. The summed E-state index contributed by atoms with van der Waals surface area (Å²) in [6, 6.07) is 2.88. The third kappa shape index (κ3) is 3.66. The molecule has 1 heterocycles. The zero-order valence-corrected chi connectivity index (χ0v) is 11.5. The molecule has 2 nitrogen and oxygen atoms in total. The van der Waals surface area contributed by atoms with Gasteiger partial charge >= 0.3 is 0 Å². The molecule has 1 N–H and O–H groups in total. The SMILES string of the molecule is CNCc1cc(F)c(N2CCCCCCC2)c(F)c1. The Balaban J connectivity index is 2.22. The molecule has 1 aromatic rings. The van der Waals surface area contributed by atoms with Gasteiger partial charge in [0.1, 0.15) is 17.3 Å². The maximum absolute atomic E-state index is 14.1. The molecular weight excluding hydrogens is 246 g/mol. The molecule has 1 saturated heterocycles. The normalized spacial score (nSPS) is 17.1. The van der Waals surface area contributed by atoms with E-state index >= 15 is 0 Å². The van der Waals surface area contributed by atoms with E-state index in [1.54, 1.807) is 7.05 Å². The molecule has 106 valence electrons. The molecular formula is C15H22F2N2. The maximum Gasteiger partial charge on any atom is 0.149 e. The van der Waals surface area contributed by atoms with E-state index in [9.17, 15) is 8.78 Å². The van der Waals surface area contributed by atoms with E-state index in [-0.39, 0.29) is 5.69 Å². The Morgan fingerprint density at radius 1 is 1.00 bits per heavy atom. The van der Waals surface area contributed by atoms with Gasteiger partial charge in [0.2, 0.25) is 0 Å². The van der Waals surface area contributed by atoms with Crippen LogP contribution < -0.4 is 10.2 Å². The standard InChI is InChI=1S/C15H22F2N2/c1-18-11-12-9-13(16)15(14(17)10-12)19-7-5-3-2-4-6-8-19/h9-10,18H,2-8,11H2,1H3. The average molecular weight is 268 g/mol. The summed E-state index contributed by atoms with van der Waals surface area (Å²) >= 11 is 0. The van der Waals surface area contributed by atoms with Gasteiger partial charge in [-0.3, -0.25) is 0 Å². The second kappa shape index (κ2) is 6.85. The molecule has 0 aromatic heterocycles. The number of hydrogen-bond acceptors (Lipinski definition) is 2. The van der Waals surface area contributed by atoms with E-state index in [4.69, 9.17) is 0 Å². The predicted octanol–water partition coefficient (Wildman–Crippen LogP) is 3.45. The van der Waals surface area contributed by atoms with Crippen LogP contribution in [-0.2, 0) is 6.54 Å². The van der Waals surface area contributed by atoms with Crippen LogP contribution in [0.3, 0.4) is 0 Å². The number of nitrogens with one attached hydrogen (secondary N) is 1. The summed E-state index contributed by atoms with van der Waals surface area (Å²) in [6.45, 7) is 1.98. The summed E-state index contributed by atoms with van der Waals surface area (Å²) < 4.78 is 28.3. The van der Waals surface area contributed by atoms with Gasteiger partial charge < -0.3 is 10.2 Å². The third-order valence-electron chi connectivity index (χ3n) is 3.63. The monoisotopic (exact) mass is 268 g/mol. The van der Waals surface area contributed by atoms with Gasteiger partial charge in [-0.2, -0.15) is 0 Å². The van der Waals surface area contributed by atoms with Crippen LogP contribution in [0.5, 0.6) is 0 Å². The molecule has 1 aliphatic rings. The Kier molecular flexibility index (Phi) is 5.14. The van der Waals surface area contributed by atoms with Crippen LogP contribution in [0.1, 0.15) is 37.7 Å². The summed E-state index contributed by atoms with van der Waals surface area (Å²) in [5.74, 6) is -0.878. The number of halogens is 2. The van der Waals surface area contributed by atoms with Crippen molar-refractivity contribution in [2.24, 2.45) is 0 Å². The zero-order valence-electron chi connectivity index (χ0n) is 11.5. The fourth-order valence-corrected chi connectivity index (χ4v) is 2.70. The molecule has 4 heteroatoms. The molecule has 0 saturated carbocycles. The van der Waals surface area contributed by atoms with Crippen molar-refractivity contribution >= 4 is 5.69 Å². The molecule has 0 bridgehead atoms. The molecule has 0 amide bonds. The molecule has 0 spiro atoms. The van der Waals surface area contributed by atoms with Gasteiger partial charge in [-0.25, -0.2) is 8.78 Å². The molecule has 19 heavy (non-hydrogen) atoms. The Hall–Kier alpha value is -1.16. The highest BCUT2D eigenvalue weighted by Gasteiger charge is 2.18. The van der Waals surface area contributed by atoms with Crippen LogP contribution in [0.2, 0.25) is 0 Å². The van der Waals surface area contributed by atoms with Crippen LogP contribution in [0.4, 0.5) is 14.5 Å². The minimum Gasteiger partial charge on any atom is -0.367 e. The van der Waals surface area contributed by atoms with E-state index in [1.165, 1.54) is 18.6 Å². The van der Waals surface area contributed by atoms with Crippen LogP contribution in [0.25, 0.3) is 0 Å². The summed E-state index contributed by atoms with van der Waals surface area (Å²) in [6.07, 6.45) is 5.56. The van der Waals surface area contributed by atoms with Crippen LogP contribution in [0.15, 0.2) is 12.1 Å². The second-order valence-electron chi connectivity index (χ2n) is 5.19. The highest BCUT2D eigenvalue weighted by Crippen LogP contribution is 2.27. The largest absolute Gasteiger partial charge is 0.367 e. The minimum atomic E-state index is -0.439. The summed E-state index contributed by atoms with van der Waals surface area (Å²) in [4.78, 5) is 1.87. The molecule has 2 rings (SSSR count). The number of hydrogen-bond donors (Lipinski definition) is 1. The van der Waals surface area contributed by atoms with Gasteiger partial charge in [0.05, 0.1) is 0 Å². The fourth-order valence-electron chi connectivity index (χ4n) is 2.70. The molecule has 1 aliphatic heterocycles. The van der Waals surface area contributed by atoms with Gasteiger partial charge in [0, 0.05) is 19.6 Å². The van der Waals surface area contributed by atoms with Crippen LogP contribution in [-0.4, -0.2) is 20.1 Å². The number of anilines is 1. The first-order chi connectivity index (χ1) is 9.22. The Labute approximate surface area is 113 Å². The van der Waals surface area contributed by atoms with Crippen molar-refractivity contribution in [2.45, 2.75) is 38.6 Å². The minimum absolute atomic E-state index is 0.154. The van der Waals surface area contributed by atoms with Crippen molar-refractivity contribution < 1.29 is 8.78 Å². The lowest BCUT2D eigenvalue weighted by Crippen LogP contribution is -2.29. The van der Waals surface area contributed by atoms with Gasteiger partial charge in [0.25, 0.3) is 0 Å². The van der Waals surface area contributed by atoms with Gasteiger partial charge in [-0.1, -0.05) is 19.3 Å². The molecule has 0 aliphatic carbocycles. The van der Waals surface area contributed by atoms with Crippen molar-refractivity contribution in [2.75, 3.05) is 25.0 Å². The van der Waals surface area contributed by atoms with E-state index in [2.05, 4.69) is 5.32 Å². The van der Waals surface area contributed by atoms with E-state index in [0.717, 1.165) is 38.8 Å². The summed E-state index contributed by atoms with van der Waals surface area (Å²) in [5, 5.41) is 2.91. The lowest BCUT2D eigenvalue weighted by molar-refractivity contribution is 0.525. The van der Waals surface area contributed by atoms with Crippen molar-refractivity contribution in [3.05, 3.63) is 29.3 Å². The maximum atomic E-state index is 14.1. The lowest BCUT2D eigenvalue weighted by atomic mass is 10.1. The van der Waals surface area contributed by atoms with Gasteiger partial charge in [-0.05, 0) is 37.6 Å². The number of rotatable bonds is 3. The van der Waals surface area contributed by atoms with Crippen molar-refractivity contribution in [1.29, 1.82) is 0 Å². The van der Waals surface area contributed by atoms with E-state index in [1.807, 2.05) is 4.90 Å². The van der Waals surface area contributed by atoms with Gasteiger partial charge in [0.15, 0.2) is 0 Å². The summed E-state index contributed by atoms with van der Waals surface area (Å²) in [7, 11) is 1.77. The first kappa shape index (κ1) is 14.3. The van der Waals surface area contributed by atoms with E-state index < -0.39 is 11.6 Å². The van der Waals surface area contributed by atoms with E-state index in [0.29, 0.717) is 12.1 Å². The highest BCUT2D eigenvalue weighted by molar-refractivity contribution is 5.50. The number of benzene rings is 1. The quantitative estimate of drug-likeness (QED) is 0.903. The van der Waals surface area contributed by atoms with Crippen molar-refractivity contribution in [3.8, 4) is 0 Å². The molecule has 1 fully saturated rings. The lowest BCUT2D eigenvalue weighted by Gasteiger charge is -2.27. The molecule has 0 unspecified atom stereocenters. The number of nitrogens with zero attached hydrogens (tertiary/aromatic N) is 1. The van der Waals surface area contributed by atoms with Crippen LogP contribution in [0, 0.1) is 11.6 Å².